The van der Waals surface area contributed by atoms with E-state index in [2.05, 4.69) is 26.2 Å². The number of aromatic nitrogens is 2. The molecule has 0 fully saturated rings. The highest BCUT2D eigenvalue weighted by Gasteiger charge is 2.18. The number of nitrogens with one attached hydrogen (secondary N) is 1. The zero-order valence-corrected chi connectivity index (χ0v) is 10.3. The molecule has 0 aliphatic rings. The molecule has 0 bridgehead atoms. The third-order valence-electron chi connectivity index (χ3n) is 2.23. The SMILES string of the molecule is Cc1cn2c(C#N)c(NC(=O)O)c(Br)c2cn1. The predicted molar refractivity (Wildman–Crippen MR) is 64.0 cm³/mol. The van der Waals surface area contributed by atoms with E-state index >= 15 is 0 Å². The second kappa shape index (κ2) is 4.07. The number of nitrogens with zero attached hydrogens (tertiary/aromatic N) is 3. The van der Waals surface area contributed by atoms with Gasteiger partial charge in [-0.25, -0.2) is 4.79 Å². The zero-order valence-electron chi connectivity index (χ0n) is 8.73. The molecule has 2 aromatic rings. The Morgan fingerprint density at radius 3 is 3.00 bits per heavy atom. The lowest BCUT2D eigenvalue weighted by Gasteiger charge is -1.98. The van der Waals surface area contributed by atoms with Crippen LogP contribution in [0.5, 0.6) is 0 Å². The highest BCUT2D eigenvalue weighted by molar-refractivity contribution is 9.10. The van der Waals surface area contributed by atoms with Gasteiger partial charge in [-0.3, -0.25) is 10.3 Å². The molecule has 0 aliphatic carbocycles. The highest BCUT2D eigenvalue weighted by Crippen LogP contribution is 2.33. The van der Waals surface area contributed by atoms with E-state index in [0.29, 0.717) is 9.99 Å². The molecule has 0 aliphatic heterocycles. The average Bonchev–Trinajstić information content (AvgIpc) is 2.51. The first-order valence-electron chi connectivity index (χ1n) is 4.60. The molecule has 2 aromatic heterocycles. The minimum atomic E-state index is -1.22. The van der Waals surface area contributed by atoms with E-state index in [0.717, 1.165) is 5.69 Å². The molecule has 0 unspecified atom stereocenters. The molecule has 0 aromatic carbocycles. The molecular formula is C10H7BrN4O2. The van der Waals surface area contributed by atoms with Crippen LogP contribution >= 0.6 is 15.9 Å². The van der Waals surface area contributed by atoms with Crippen LogP contribution in [0.2, 0.25) is 0 Å². The molecule has 0 radical (unpaired) electrons. The van der Waals surface area contributed by atoms with Gasteiger partial charge >= 0.3 is 6.09 Å². The van der Waals surface area contributed by atoms with Gasteiger partial charge in [0.1, 0.15) is 11.8 Å². The van der Waals surface area contributed by atoms with Crippen LogP contribution in [0, 0.1) is 18.3 Å². The van der Waals surface area contributed by atoms with Crippen molar-refractivity contribution < 1.29 is 9.90 Å². The van der Waals surface area contributed by atoms with Gasteiger partial charge in [-0.15, -0.1) is 0 Å². The summed E-state index contributed by atoms with van der Waals surface area (Å²) >= 11 is 3.26. The Balaban J connectivity index is 2.80. The number of nitriles is 1. The van der Waals surface area contributed by atoms with E-state index in [9.17, 15) is 4.79 Å². The van der Waals surface area contributed by atoms with E-state index in [4.69, 9.17) is 10.4 Å². The zero-order chi connectivity index (χ0) is 12.6. The van der Waals surface area contributed by atoms with Crippen molar-refractivity contribution in [3.8, 4) is 6.07 Å². The summed E-state index contributed by atoms with van der Waals surface area (Å²) in [6.07, 6.45) is 2.03. The lowest BCUT2D eigenvalue weighted by molar-refractivity contribution is 0.209. The van der Waals surface area contributed by atoms with Crippen molar-refractivity contribution in [1.29, 1.82) is 5.26 Å². The largest absolute Gasteiger partial charge is 0.465 e. The Hall–Kier alpha value is -2.07. The van der Waals surface area contributed by atoms with Crippen LogP contribution in [-0.2, 0) is 0 Å². The molecular weight excluding hydrogens is 288 g/mol. The molecule has 0 saturated carbocycles. The summed E-state index contributed by atoms with van der Waals surface area (Å²) in [5.41, 5.74) is 1.82. The van der Waals surface area contributed by atoms with Gasteiger partial charge in [0.2, 0.25) is 0 Å². The number of amides is 1. The maximum absolute atomic E-state index is 10.7. The number of hydrogen-bond donors (Lipinski definition) is 2. The van der Waals surface area contributed by atoms with Crippen molar-refractivity contribution in [2.75, 3.05) is 5.32 Å². The van der Waals surface area contributed by atoms with E-state index in [1.165, 1.54) is 0 Å². The number of aryl methyl sites for hydroxylation is 1. The van der Waals surface area contributed by atoms with Gasteiger partial charge in [-0.1, -0.05) is 0 Å². The molecule has 17 heavy (non-hydrogen) atoms. The minimum Gasteiger partial charge on any atom is -0.465 e. The van der Waals surface area contributed by atoms with Crippen molar-refractivity contribution >= 4 is 33.2 Å². The number of halogens is 1. The summed E-state index contributed by atoms with van der Waals surface area (Å²) in [6, 6.07) is 1.97. The van der Waals surface area contributed by atoms with Gasteiger partial charge in [-0.2, -0.15) is 5.26 Å². The third-order valence-corrected chi connectivity index (χ3v) is 3.03. The summed E-state index contributed by atoms with van der Waals surface area (Å²) in [4.78, 5) is 14.8. The van der Waals surface area contributed by atoms with Crippen LogP contribution in [0.4, 0.5) is 10.5 Å². The fourth-order valence-corrected chi connectivity index (χ4v) is 2.13. The van der Waals surface area contributed by atoms with E-state index in [1.54, 1.807) is 23.7 Å². The molecule has 0 spiro atoms. The van der Waals surface area contributed by atoms with E-state index in [1.807, 2.05) is 6.07 Å². The van der Waals surface area contributed by atoms with E-state index in [-0.39, 0.29) is 11.4 Å². The third kappa shape index (κ3) is 1.83. The van der Waals surface area contributed by atoms with Crippen LogP contribution < -0.4 is 5.32 Å². The van der Waals surface area contributed by atoms with Gasteiger partial charge < -0.3 is 9.51 Å². The molecule has 0 saturated heterocycles. The average molecular weight is 295 g/mol. The maximum atomic E-state index is 10.7. The molecule has 2 heterocycles. The molecule has 86 valence electrons. The summed E-state index contributed by atoms with van der Waals surface area (Å²) in [5.74, 6) is 0. The number of carbonyl (C=O) groups is 1. The molecule has 2 N–H and O–H groups in total. The van der Waals surface area contributed by atoms with E-state index < -0.39 is 6.09 Å². The van der Waals surface area contributed by atoms with Gasteiger partial charge in [0.05, 0.1) is 27.6 Å². The Bertz CT molecular complexity index is 656. The quantitative estimate of drug-likeness (QED) is 0.845. The van der Waals surface area contributed by atoms with Gasteiger partial charge in [-0.05, 0) is 22.9 Å². The van der Waals surface area contributed by atoms with Gasteiger partial charge in [0.25, 0.3) is 0 Å². The van der Waals surface area contributed by atoms with Crippen LogP contribution in [0.3, 0.4) is 0 Å². The molecule has 7 heteroatoms. The van der Waals surface area contributed by atoms with Crippen molar-refractivity contribution in [1.82, 2.24) is 9.38 Å². The Morgan fingerprint density at radius 1 is 1.71 bits per heavy atom. The second-order valence-corrected chi connectivity index (χ2v) is 4.16. The number of carboxylic acid groups (broad SMARTS) is 1. The number of anilines is 1. The minimum absolute atomic E-state index is 0.222. The Morgan fingerprint density at radius 2 is 2.41 bits per heavy atom. The first-order valence-corrected chi connectivity index (χ1v) is 5.40. The fourth-order valence-electron chi connectivity index (χ4n) is 1.55. The lowest BCUT2D eigenvalue weighted by Crippen LogP contribution is -2.08. The van der Waals surface area contributed by atoms with Crippen molar-refractivity contribution in [3.63, 3.8) is 0 Å². The van der Waals surface area contributed by atoms with Crippen LogP contribution in [0.25, 0.3) is 5.52 Å². The van der Waals surface area contributed by atoms with Crippen LogP contribution in [-0.4, -0.2) is 20.6 Å². The fraction of sp³-hybridized carbons (Fsp3) is 0.100. The standard InChI is InChI=1S/C10H7BrN4O2/c1-5-4-15-6(2-12)9(14-10(16)17)8(11)7(15)3-13-5/h3-4,14H,1H3,(H,16,17). The maximum Gasteiger partial charge on any atom is 0.409 e. The first-order chi connectivity index (χ1) is 8.04. The highest BCUT2D eigenvalue weighted by atomic mass is 79.9. The number of rotatable bonds is 1. The first kappa shape index (κ1) is 11.4. The summed E-state index contributed by atoms with van der Waals surface area (Å²) < 4.78 is 2.10. The van der Waals surface area contributed by atoms with Gasteiger partial charge in [0, 0.05) is 6.20 Å². The molecule has 1 amide bonds. The molecule has 2 rings (SSSR count). The molecule has 6 nitrogen and oxygen atoms in total. The monoisotopic (exact) mass is 294 g/mol. The normalized spacial score (nSPS) is 10.2. The predicted octanol–water partition coefficient (Wildman–Crippen LogP) is 2.37. The van der Waals surface area contributed by atoms with Crippen molar-refractivity contribution in [3.05, 3.63) is 28.3 Å². The van der Waals surface area contributed by atoms with Crippen LogP contribution in [0.15, 0.2) is 16.9 Å². The number of fused-ring (bicyclic) bond motifs is 1. The summed E-state index contributed by atoms with van der Waals surface area (Å²) in [5, 5.41) is 20.0. The van der Waals surface area contributed by atoms with Crippen molar-refractivity contribution in [2.45, 2.75) is 6.92 Å². The van der Waals surface area contributed by atoms with Gasteiger partial charge in [0.15, 0.2) is 0 Å². The summed E-state index contributed by atoms with van der Waals surface area (Å²) in [7, 11) is 0. The summed E-state index contributed by atoms with van der Waals surface area (Å²) in [6.45, 7) is 1.79. The smallest absolute Gasteiger partial charge is 0.409 e. The second-order valence-electron chi connectivity index (χ2n) is 3.36. The number of hydrogen-bond acceptors (Lipinski definition) is 3. The van der Waals surface area contributed by atoms with Crippen molar-refractivity contribution in [2.24, 2.45) is 0 Å². The van der Waals surface area contributed by atoms with Crippen LogP contribution in [0.1, 0.15) is 11.4 Å². The lowest BCUT2D eigenvalue weighted by atomic mass is 10.4. The Labute approximate surface area is 105 Å². The Kier molecular flexibility index (Phi) is 2.73. The molecule has 0 atom stereocenters. The topological polar surface area (TPSA) is 90.4 Å².